The Morgan fingerprint density at radius 2 is 1.69 bits per heavy atom. The Balaban J connectivity index is 1.32. The molecule has 2 saturated heterocycles. The van der Waals surface area contributed by atoms with E-state index in [-0.39, 0.29) is 0 Å². The summed E-state index contributed by atoms with van der Waals surface area (Å²) < 4.78 is 10.9. The van der Waals surface area contributed by atoms with Crippen molar-refractivity contribution in [2.45, 2.75) is 0 Å². The summed E-state index contributed by atoms with van der Waals surface area (Å²) in [5.74, 6) is 0.531. The van der Waals surface area contributed by atoms with Crippen LogP contribution < -0.4 is 9.74 Å². The molecule has 4 aromatic rings. The smallest absolute Gasteiger partial charge is 0.165 e. The number of morpholine rings is 2. The Kier molecular flexibility index (Phi) is 6.22. The standard InChI is InChI=1S/C27H26N6O3/c28-17-21-14-20(4-5-25(21)36-33-8-12-35-13-9-33)26-23-16-24(31-27(23)30-18-29-26)19-2-1-3-22(15-19)32-6-10-34-11-7-32/h1-5,14-16,18H,6-13H2,(H,29,30,31). The molecule has 0 unspecified atom stereocenters. The maximum Gasteiger partial charge on any atom is 0.165 e. The third-order valence-electron chi connectivity index (χ3n) is 6.53. The van der Waals surface area contributed by atoms with Gasteiger partial charge in [-0.15, -0.1) is 5.06 Å². The molecule has 2 aliphatic heterocycles. The van der Waals surface area contributed by atoms with E-state index in [1.807, 2.05) is 23.3 Å². The molecule has 0 bridgehead atoms. The van der Waals surface area contributed by atoms with Gasteiger partial charge >= 0.3 is 0 Å². The second-order valence-corrected chi connectivity index (χ2v) is 8.77. The lowest BCUT2D eigenvalue weighted by Gasteiger charge is -2.29. The van der Waals surface area contributed by atoms with Crippen molar-refractivity contribution >= 4 is 16.7 Å². The number of fused-ring (bicyclic) bond motifs is 1. The summed E-state index contributed by atoms with van der Waals surface area (Å²) in [6, 6.07) is 18.4. The largest absolute Gasteiger partial charge is 0.404 e. The molecule has 2 aromatic carbocycles. The molecule has 0 saturated carbocycles. The fourth-order valence-electron chi connectivity index (χ4n) is 4.64. The lowest BCUT2D eigenvalue weighted by Crippen LogP contribution is -2.38. The van der Waals surface area contributed by atoms with Crippen molar-refractivity contribution in [3.05, 3.63) is 60.4 Å². The van der Waals surface area contributed by atoms with E-state index < -0.39 is 0 Å². The molecule has 6 rings (SSSR count). The van der Waals surface area contributed by atoms with Gasteiger partial charge in [0, 0.05) is 41.0 Å². The number of nitrogens with zero attached hydrogens (tertiary/aromatic N) is 5. The first-order valence-electron chi connectivity index (χ1n) is 12.1. The summed E-state index contributed by atoms with van der Waals surface area (Å²) in [5.41, 5.74) is 6.03. The fourth-order valence-corrected chi connectivity index (χ4v) is 4.64. The highest BCUT2D eigenvalue weighted by atomic mass is 16.7. The molecule has 36 heavy (non-hydrogen) atoms. The molecule has 2 aromatic heterocycles. The van der Waals surface area contributed by atoms with E-state index in [4.69, 9.17) is 14.3 Å². The third-order valence-corrected chi connectivity index (χ3v) is 6.53. The van der Waals surface area contributed by atoms with Gasteiger partial charge in [0.1, 0.15) is 18.0 Å². The van der Waals surface area contributed by atoms with Crippen LogP contribution in [0.2, 0.25) is 0 Å². The molecule has 4 heterocycles. The van der Waals surface area contributed by atoms with Crippen LogP contribution in [0.5, 0.6) is 5.75 Å². The van der Waals surface area contributed by atoms with Crippen molar-refractivity contribution in [1.82, 2.24) is 20.0 Å². The molecule has 0 atom stereocenters. The van der Waals surface area contributed by atoms with E-state index in [1.54, 1.807) is 6.33 Å². The number of hydroxylamine groups is 2. The van der Waals surface area contributed by atoms with Gasteiger partial charge in [0.2, 0.25) is 0 Å². The summed E-state index contributed by atoms with van der Waals surface area (Å²) in [6.45, 7) is 5.83. The SMILES string of the molecule is N#Cc1cc(-c2ncnc3[nH]c(-c4cccc(N5CCOCC5)c4)cc23)ccc1ON1CCOCC1. The van der Waals surface area contributed by atoms with Gasteiger partial charge in [-0.25, -0.2) is 9.97 Å². The van der Waals surface area contributed by atoms with Crippen molar-refractivity contribution in [1.29, 1.82) is 5.26 Å². The van der Waals surface area contributed by atoms with Gasteiger partial charge in [0.15, 0.2) is 5.75 Å². The molecule has 0 spiro atoms. The first-order chi connectivity index (χ1) is 17.8. The Labute approximate surface area is 208 Å². The first kappa shape index (κ1) is 22.5. The minimum atomic E-state index is 0.458. The number of nitriles is 1. The average Bonchev–Trinajstić information content (AvgIpc) is 3.39. The molecule has 0 radical (unpaired) electrons. The topological polar surface area (TPSA) is 99.5 Å². The predicted octanol–water partition coefficient (Wildman–Crippen LogP) is 3.63. The second-order valence-electron chi connectivity index (χ2n) is 8.77. The number of aromatic amines is 1. The summed E-state index contributed by atoms with van der Waals surface area (Å²) in [5, 5.41) is 12.5. The molecular weight excluding hydrogens is 456 g/mol. The normalized spacial score (nSPS) is 16.7. The second kappa shape index (κ2) is 9.95. The molecule has 0 aliphatic carbocycles. The molecule has 0 amide bonds. The van der Waals surface area contributed by atoms with Gasteiger partial charge < -0.3 is 24.2 Å². The zero-order chi connectivity index (χ0) is 24.3. The number of ether oxygens (including phenoxy) is 2. The fraction of sp³-hybridized carbons (Fsp3) is 0.296. The van der Waals surface area contributed by atoms with E-state index in [0.29, 0.717) is 37.6 Å². The zero-order valence-electron chi connectivity index (χ0n) is 19.8. The zero-order valence-corrected chi connectivity index (χ0v) is 19.8. The van der Waals surface area contributed by atoms with Crippen LogP contribution in [-0.2, 0) is 9.47 Å². The van der Waals surface area contributed by atoms with E-state index in [9.17, 15) is 5.26 Å². The monoisotopic (exact) mass is 482 g/mol. The number of H-pyrrole nitrogens is 1. The lowest BCUT2D eigenvalue weighted by atomic mass is 10.0. The number of benzene rings is 2. The first-order valence-corrected chi connectivity index (χ1v) is 12.1. The van der Waals surface area contributed by atoms with Gasteiger partial charge in [-0.05, 0) is 36.4 Å². The van der Waals surface area contributed by atoms with Crippen LogP contribution in [0.3, 0.4) is 0 Å². The number of hydrogen-bond acceptors (Lipinski definition) is 8. The van der Waals surface area contributed by atoms with Gasteiger partial charge in [0.05, 0.1) is 50.8 Å². The molecule has 1 N–H and O–H groups in total. The van der Waals surface area contributed by atoms with Crippen LogP contribution >= 0.6 is 0 Å². The van der Waals surface area contributed by atoms with Crippen LogP contribution in [0, 0.1) is 11.3 Å². The summed E-state index contributed by atoms with van der Waals surface area (Å²) in [7, 11) is 0. The average molecular weight is 483 g/mol. The van der Waals surface area contributed by atoms with Crippen molar-refractivity contribution in [2.24, 2.45) is 0 Å². The Hall–Kier alpha value is -3.97. The highest BCUT2D eigenvalue weighted by Crippen LogP contribution is 2.33. The Morgan fingerprint density at radius 3 is 2.50 bits per heavy atom. The molecule has 2 fully saturated rings. The third kappa shape index (κ3) is 4.50. The highest BCUT2D eigenvalue weighted by molar-refractivity contribution is 5.94. The number of anilines is 1. The van der Waals surface area contributed by atoms with E-state index in [2.05, 4.69) is 56.3 Å². The van der Waals surface area contributed by atoms with Gasteiger partial charge in [-0.1, -0.05) is 12.1 Å². The number of aromatic nitrogens is 3. The van der Waals surface area contributed by atoms with Crippen molar-refractivity contribution < 1.29 is 14.3 Å². The molecule has 9 heteroatoms. The Morgan fingerprint density at radius 1 is 0.889 bits per heavy atom. The minimum absolute atomic E-state index is 0.458. The van der Waals surface area contributed by atoms with Gasteiger partial charge in [-0.3, -0.25) is 0 Å². The van der Waals surface area contributed by atoms with E-state index >= 15 is 0 Å². The predicted molar refractivity (Wildman–Crippen MR) is 136 cm³/mol. The Bertz CT molecular complexity index is 1420. The van der Waals surface area contributed by atoms with Crippen molar-refractivity contribution in [3.8, 4) is 34.3 Å². The molecule has 2 aliphatic rings. The van der Waals surface area contributed by atoms with Crippen LogP contribution in [-0.4, -0.2) is 72.6 Å². The molecule has 182 valence electrons. The quantitative estimate of drug-likeness (QED) is 0.460. The van der Waals surface area contributed by atoms with Crippen molar-refractivity contribution in [3.63, 3.8) is 0 Å². The molecular formula is C27H26N6O3. The van der Waals surface area contributed by atoms with Gasteiger partial charge in [-0.2, -0.15) is 5.26 Å². The van der Waals surface area contributed by atoms with E-state index in [0.717, 1.165) is 59.9 Å². The number of hydrogen-bond donors (Lipinski definition) is 1. The highest BCUT2D eigenvalue weighted by Gasteiger charge is 2.18. The van der Waals surface area contributed by atoms with Crippen LogP contribution in [0.4, 0.5) is 5.69 Å². The van der Waals surface area contributed by atoms with Crippen LogP contribution in [0.15, 0.2) is 54.9 Å². The van der Waals surface area contributed by atoms with Crippen LogP contribution in [0.25, 0.3) is 33.5 Å². The maximum atomic E-state index is 9.79. The van der Waals surface area contributed by atoms with E-state index in [1.165, 1.54) is 5.69 Å². The summed E-state index contributed by atoms with van der Waals surface area (Å²) in [6.07, 6.45) is 1.55. The van der Waals surface area contributed by atoms with Crippen LogP contribution in [0.1, 0.15) is 5.56 Å². The molecule has 9 nitrogen and oxygen atoms in total. The minimum Gasteiger partial charge on any atom is -0.404 e. The number of rotatable bonds is 5. The van der Waals surface area contributed by atoms with Gasteiger partial charge in [0.25, 0.3) is 0 Å². The number of nitrogens with one attached hydrogen (secondary N) is 1. The summed E-state index contributed by atoms with van der Waals surface area (Å²) in [4.78, 5) is 20.8. The maximum absolute atomic E-state index is 9.79. The summed E-state index contributed by atoms with van der Waals surface area (Å²) >= 11 is 0. The van der Waals surface area contributed by atoms with Crippen molar-refractivity contribution in [2.75, 3.05) is 57.5 Å². The lowest BCUT2D eigenvalue weighted by molar-refractivity contribution is -0.118.